The zero-order chi connectivity index (χ0) is 31.5. The van der Waals surface area contributed by atoms with Crippen LogP contribution in [0, 0.1) is 17.3 Å². The van der Waals surface area contributed by atoms with Crippen molar-refractivity contribution in [3.63, 3.8) is 0 Å². The first-order chi connectivity index (χ1) is 22.5. The number of fused-ring (bicyclic) bond motifs is 5. The molecule has 0 N–H and O–H groups in total. The molecule has 0 unspecified atom stereocenters. The van der Waals surface area contributed by atoms with E-state index in [1.165, 1.54) is 40.7 Å². The molecule has 0 amide bonds. The number of esters is 1. The summed E-state index contributed by atoms with van der Waals surface area (Å²) in [6.07, 6.45) is 6.72. The Kier molecular flexibility index (Phi) is 9.51. The number of hydrogen-bond acceptors (Lipinski definition) is 5. The van der Waals surface area contributed by atoms with Crippen LogP contribution in [-0.4, -0.2) is 19.2 Å². The predicted molar refractivity (Wildman–Crippen MR) is 191 cm³/mol. The van der Waals surface area contributed by atoms with E-state index in [1.807, 2.05) is 35.7 Å². The lowest BCUT2D eigenvalue weighted by molar-refractivity contribution is -0.0427. The van der Waals surface area contributed by atoms with E-state index in [-0.39, 0.29) is 22.1 Å². The summed E-state index contributed by atoms with van der Waals surface area (Å²) >= 11 is 3.89. The van der Waals surface area contributed by atoms with Gasteiger partial charge in [0.2, 0.25) is 0 Å². The van der Waals surface area contributed by atoms with Crippen LogP contribution in [0.3, 0.4) is 0 Å². The van der Waals surface area contributed by atoms with Crippen molar-refractivity contribution in [2.24, 2.45) is 17.3 Å². The van der Waals surface area contributed by atoms with Crippen molar-refractivity contribution < 1.29 is 14.3 Å². The van der Waals surface area contributed by atoms with Gasteiger partial charge in [-0.05, 0) is 108 Å². The Bertz CT molecular complexity index is 1580. The molecule has 0 radical (unpaired) electrons. The molecule has 4 aromatic carbocycles. The second kappa shape index (κ2) is 13.9. The fourth-order valence-corrected chi connectivity index (χ4v) is 11.1. The van der Waals surface area contributed by atoms with Gasteiger partial charge in [0.05, 0.1) is 17.3 Å². The monoisotopic (exact) mass is 648 g/mol. The molecule has 0 aromatic heterocycles. The highest BCUT2D eigenvalue weighted by Gasteiger charge is 2.56. The zero-order valence-corrected chi connectivity index (χ0v) is 28.5. The minimum absolute atomic E-state index is 0.0153. The third-order valence-electron chi connectivity index (χ3n) is 11.0. The summed E-state index contributed by atoms with van der Waals surface area (Å²) in [5, 5.41) is 0. The van der Waals surface area contributed by atoms with Gasteiger partial charge in [0.25, 0.3) is 0 Å². The molecule has 0 saturated heterocycles. The molecule has 46 heavy (non-hydrogen) atoms. The number of methoxy groups -OCH3 is 1. The van der Waals surface area contributed by atoms with Gasteiger partial charge in [-0.15, -0.1) is 23.5 Å². The Morgan fingerprint density at radius 2 is 1.50 bits per heavy atom. The maximum atomic E-state index is 13.6. The van der Waals surface area contributed by atoms with E-state index >= 15 is 0 Å². The maximum Gasteiger partial charge on any atom is 0.338 e. The lowest BCUT2D eigenvalue weighted by Crippen LogP contribution is -2.45. The Morgan fingerprint density at radius 1 is 0.826 bits per heavy atom. The zero-order valence-electron chi connectivity index (χ0n) is 26.9. The SMILES string of the molecule is COc1ccc2c(c1)CC[C@@H]1[C@@H]2CC[C@]2(C)[C@@H](OC(=O)c3ccc(C(SCc4ccccc4)SCc4ccccc4)cc3)CC[C@@H]12. The van der Waals surface area contributed by atoms with E-state index in [0.29, 0.717) is 23.3 Å². The van der Waals surface area contributed by atoms with Crippen molar-refractivity contribution in [1.29, 1.82) is 0 Å². The molecule has 4 aromatic rings. The molecule has 0 aliphatic heterocycles. The highest BCUT2D eigenvalue weighted by Crippen LogP contribution is 2.61. The summed E-state index contributed by atoms with van der Waals surface area (Å²) in [6, 6.07) is 36.2. The Morgan fingerprint density at radius 3 is 2.15 bits per heavy atom. The van der Waals surface area contributed by atoms with Gasteiger partial charge in [0.15, 0.2) is 0 Å². The van der Waals surface area contributed by atoms with E-state index < -0.39 is 0 Å². The number of thioether (sulfide) groups is 2. The number of carbonyl (C=O) groups excluding carboxylic acids is 1. The molecule has 0 heterocycles. The van der Waals surface area contributed by atoms with Crippen LogP contribution in [0.25, 0.3) is 0 Å². The fourth-order valence-electron chi connectivity index (χ4n) is 8.54. The van der Waals surface area contributed by atoms with Gasteiger partial charge in [-0.2, -0.15) is 0 Å². The van der Waals surface area contributed by atoms with Gasteiger partial charge < -0.3 is 9.47 Å². The molecule has 3 aliphatic carbocycles. The number of ether oxygens (including phenoxy) is 2. The third-order valence-corrected chi connectivity index (χ3v) is 14.0. The normalized spacial score (nSPS) is 24.9. The van der Waals surface area contributed by atoms with Crippen molar-refractivity contribution >= 4 is 29.5 Å². The average Bonchev–Trinajstić information content (AvgIpc) is 3.44. The van der Waals surface area contributed by atoms with Crippen molar-refractivity contribution in [1.82, 2.24) is 0 Å². The summed E-state index contributed by atoms with van der Waals surface area (Å²) in [7, 11) is 1.75. The molecule has 7 rings (SSSR count). The first kappa shape index (κ1) is 31.4. The summed E-state index contributed by atoms with van der Waals surface area (Å²) in [5.41, 5.74) is 7.59. The van der Waals surface area contributed by atoms with E-state index in [4.69, 9.17) is 9.47 Å². The van der Waals surface area contributed by atoms with E-state index in [0.717, 1.165) is 42.9 Å². The van der Waals surface area contributed by atoms with E-state index in [2.05, 4.69) is 97.9 Å². The molecule has 3 nitrogen and oxygen atoms in total. The maximum absolute atomic E-state index is 13.6. The lowest BCUT2D eigenvalue weighted by Gasteiger charge is -2.50. The van der Waals surface area contributed by atoms with Crippen molar-refractivity contribution in [2.45, 2.75) is 73.6 Å². The highest BCUT2D eigenvalue weighted by molar-refractivity contribution is 8.15. The number of benzene rings is 4. The molecule has 0 bridgehead atoms. The summed E-state index contributed by atoms with van der Waals surface area (Å²) < 4.78 is 12.2. The van der Waals surface area contributed by atoms with Crippen molar-refractivity contribution in [3.05, 3.63) is 137 Å². The van der Waals surface area contributed by atoms with Crippen LogP contribution in [0.15, 0.2) is 103 Å². The smallest absolute Gasteiger partial charge is 0.338 e. The first-order valence-corrected chi connectivity index (χ1v) is 18.9. The number of carbonyl (C=O) groups is 1. The largest absolute Gasteiger partial charge is 0.497 e. The van der Waals surface area contributed by atoms with Gasteiger partial charge in [-0.1, -0.05) is 85.8 Å². The van der Waals surface area contributed by atoms with Crippen LogP contribution < -0.4 is 4.74 Å². The van der Waals surface area contributed by atoms with Crippen LogP contribution >= 0.6 is 23.5 Å². The first-order valence-electron chi connectivity index (χ1n) is 16.8. The molecule has 3 aliphatic rings. The Hall–Kier alpha value is -3.15. The van der Waals surface area contributed by atoms with Gasteiger partial charge in [-0.25, -0.2) is 4.79 Å². The summed E-state index contributed by atoms with van der Waals surface area (Å²) in [4.78, 5) is 13.6. The summed E-state index contributed by atoms with van der Waals surface area (Å²) in [6.45, 7) is 2.41. The second-order valence-electron chi connectivity index (χ2n) is 13.5. The standard InChI is InChI=1S/C41H44O3S2/c1-41-24-23-35-34-20-18-33(43-2)25-32(34)17-19-36(35)37(41)21-22-38(41)44-39(42)30-13-15-31(16-14-30)40(45-26-28-9-5-3-6-10-28)46-27-29-11-7-4-8-12-29/h3-16,18,20,25,35-38,40H,17,19,21-24,26-27H2,1-2H3/t35-,36-,37+,38+,41+/m1/s1. The fraction of sp³-hybridized carbons (Fsp3) is 0.390. The van der Waals surface area contributed by atoms with Crippen LogP contribution in [-0.2, 0) is 22.7 Å². The molecule has 2 saturated carbocycles. The van der Waals surface area contributed by atoms with E-state index in [9.17, 15) is 4.79 Å². The van der Waals surface area contributed by atoms with Crippen molar-refractivity contribution in [2.75, 3.05) is 7.11 Å². The molecular formula is C41H44O3S2. The van der Waals surface area contributed by atoms with E-state index in [1.54, 1.807) is 7.11 Å². The number of rotatable bonds is 10. The molecule has 2 fully saturated rings. The molecule has 238 valence electrons. The molecule has 0 spiro atoms. The van der Waals surface area contributed by atoms with Crippen LogP contribution in [0.2, 0.25) is 0 Å². The number of hydrogen-bond donors (Lipinski definition) is 0. The average molecular weight is 649 g/mol. The second-order valence-corrected chi connectivity index (χ2v) is 16.0. The van der Waals surface area contributed by atoms with Crippen LogP contribution in [0.5, 0.6) is 5.75 Å². The molecular weight excluding hydrogens is 605 g/mol. The van der Waals surface area contributed by atoms with Crippen molar-refractivity contribution in [3.8, 4) is 5.75 Å². The lowest BCUT2D eigenvalue weighted by atomic mass is 9.55. The van der Waals surface area contributed by atoms with Gasteiger partial charge in [0, 0.05) is 16.9 Å². The van der Waals surface area contributed by atoms with Crippen LogP contribution in [0.1, 0.15) is 87.7 Å². The molecule has 5 atom stereocenters. The Labute approximate surface area is 282 Å². The third kappa shape index (κ3) is 6.51. The quantitative estimate of drug-likeness (QED) is 0.126. The predicted octanol–water partition coefficient (Wildman–Crippen LogP) is 10.6. The highest BCUT2D eigenvalue weighted by atomic mass is 32.2. The van der Waals surface area contributed by atoms with Gasteiger partial charge >= 0.3 is 5.97 Å². The minimum atomic E-state index is -0.174. The van der Waals surface area contributed by atoms with Gasteiger partial charge in [0.1, 0.15) is 11.9 Å². The van der Waals surface area contributed by atoms with Crippen LogP contribution in [0.4, 0.5) is 0 Å². The topological polar surface area (TPSA) is 35.5 Å². The minimum Gasteiger partial charge on any atom is -0.497 e. The summed E-state index contributed by atoms with van der Waals surface area (Å²) in [5.74, 6) is 4.56. The Balaban J connectivity index is 1.01. The molecule has 5 heteroatoms. The number of aryl methyl sites for hydroxylation is 1. The van der Waals surface area contributed by atoms with Gasteiger partial charge in [-0.3, -0.25) is 0 Å².